The molecule has 0 radical (unpaired) electrons. The topological polar surface area (TPSA) is 28.2 Å². The molecule has 0 spiro atoms. The quantitative estimate of drug-likeness (QED) is 0.821. The fraction of sp³-hybridized carbons (Fsp3) is 0.417. The highest BCUT2D eigenvalue weighted by Crippen LogP contribution is 2.37. The molecule has 0 unspecified atom stereocenters. The van der Waals surface area contributed by atoms with Crippen LogP contribution in [0.5, 0.6) is 0 Å². The summed E-state index contributed by atoms with van der Waals surface area (Å²) < 4.78 is 51.8. The summed E-state index contributed by atoms with van der Waals surface area (Å²) in [6.07, 6.45) is -4.68. The van der Waals surface area contributed by atoms with Crippen LogP contribution in [0.15, 0.2) is 12.1 Å². The summed E-state index contributed by atoms with van der Waals surface area (Å²) in [5.41, 5.74) is -0.963. The summed E-state index contributed by atoms with van der Waals surface area (Å²) in [5, 5.41) is 3.82. The van der Waals surface area contributed by atoms with Gasteiger partial charge >= 0.3 is 6.18 Å². The van der Waals surface area contributed by atoms with Crippen LogP contribution in [0, 0.1) is 5.82 Å². The van der Waals surface area contributed by atoms with Crippen molar-refractivity contribution in [2.45, 2.75) is 6.18 Å². The van der Waals surface area contributed by atoms with Crippen molar-refractivity contribution in [1.29, 1.82) is 0 Å². The third-order valence-corrected chi connectivity index (χ3v) is 4.24. The number of piperazine rings is 1. The van der Waals surface area contributed by atoms with E-state index in [0.717, 1.165) is 49.6 Å². The molecule has 1 aromatic heterocycles. The molecule has 0 atom stereocenters. The monoisotopic (exact) mass is 305 g/mol. The number of thiazole rings is 1. The van der Waals surface area contributed by atoms with Gasteiger partial charge in [-0.2, -0.15) is 13.2 Å². The van der Waals surface area contributed by atoms with Crippen molar-refractivity contribution < 1.29 is 17.6 Å². The van der Waals surface area contributed by atoms with Gasteiger partial charge in [0.2, 0.25) is 0 Å². The lowest BCUT2D eigenvalue weighted by atomic mass is 10.2. The van der Waals surface area contributed by atoms with Gasteiger partial charge in [-0.25, -0.2) is 9.37 Å². The normalized spacial score (nSPS) is 16.9. The molecule has 3 nitrogen and oxygen atoms in total. The van der Waals surface area contributed by atoms with Crippen LogP contribution in [-0.4, -0.2) is 31.2 Å². The Morgan fingerprint density at radius 1 is 1.20 bits per heavy atom. The van der Waals surface area contributed by atoms with Gasteiger partial charge in [0.1, 0.15) is 5.82 Å². The number of benzene rings is 1. The lowest BCUT2D eigenvalue weighted by Gasteiger charge is -2.26. The molecule has 2 aromatic rings. The second kappa shape index (κ2) is 4.85. The van der Waals surface area contributed by atoms with Crippen LogP contribution in [0.25, 0.3) is 10.2 Å². The fourth-order valence-electron chi connectivity index (χ4n) is 2.14. The van der Waals surface area contributed by atoms with Gasteiger partial charge < -0.3 is 10.2 Å². The van der Waals surface area contributed by atoms with Crippen LogP contribution in [0.2, 0.25) is 0 Å². The third kappa shape index (κ3) is 2.45. The number of nitrogens with zero attached hydrogens (tertiary/aromatic N) is 2. The summed E-state index contributed by atoms with van der Waals surface area (Å²) in [7, 11) is 0. The molecular formula is C12H11F4N3S. The molecule has 0 aliphatic carbocycles. The number of fused-ring (bicyclic) bond motifs is 1. The largest absolute Gasteiger partial charge is 0.419 e. The zero-order valence-electron chi connectivity index (χ0n) is 10.3. The number of halogens is 4. The van der Waals surface area contributed by atoms with Gasteiger partial charge in [-0.15, -0.1) is 0 Å². The minimum absolute atomic E-state index is 0.272. The first kappa shape index (κ1) is 13.6. The Bertz CT molecular complexity index is 631. The van der Waals surface area contributed by atoms with Gasteiger partial charge in [0.05, 0.1) is 15.8 Å². The molecule has 1 aliphatic rings. The van der Waals surface area contributed by atoms with Gasteiger partial charge in [-0.05, 0) is 6.07 Å². The standard InChI is InChI=1S/C12H11F4N3S/c13-8-6-9-10(5-7(8)12(14,15)16)20-11(18-9)19-3-1-17-2-4-19/h5-6,17H,1-4H2. The SMILES string of the molecule is Fc1cc2nc(N3CCNCC3)sc2cc1C(F)(F)F. The van der Waals surface area contributed by atoms with Gasteiger partial charge in [0, 0.05) is 32.2 Å². The van der Waals surface area contributed by atoms with Crippen LogP contribution in [0.1, 0.15) is 5.56 Å². The van der Waals surface area contributed by atoms with Crippen molar-refractivity contribution in [3.05, 3.63) is 23.5 Å². The number of aromatic nitrogens is 1. The molecule has 108 valence electrons. The van der Waals surface area contributed by atoms with Gasteiger partial charge in [0.25, 0.3) is 0 Å². The Labute approximate surface area is 116 Å². The van der Waals surface area contributed by atoms with E-state index in [2.05, 4.69) is 10.3 Å². The lowest BCUT2D eigenvalue weighted by Crippen LogP contribution is -2.43. The third-order valence-electron chi connectivity index (χ3n) is 3.16. The maximum absolute atomic E-state index is 13.5. The maximum atomic E-state index is 13.5. The van der Waals surface area contributed by atoms with E-state index in [4.69, 9.17) is 0 Å². The van der Waals surface area contributed by atoms with E-state index >= 15 is 0 Å². The first-order valence-corrected chi connectivity index (χ1v) is 6.90. The molecule has 1 N–H and O–H groups in total. The Hall–Kier alpha value is -1.41. The molecule has 0 amide bonds. The minimum atomic E-state index is -4.68. The average molecular weight is 305 g/mol. The van der Waals surface area contributed by atoms with E-state index in [1.165, 1.54) is 0 Å². The average Bonchev–Trinajstić information content (AvgIpc) is 2.80. The predicted octanol–water partition coefficient (Wildman–Crippen LogP) is 2.86. The van der Waals surface area contributed by atoms with Crippen LogP contribution in [-0.2, 0) is 6.18 Å². The first-order valence-electron chi connectivity index (χ1n) is 6.08. The van der Waals surface area contributed by atoms with E-state index in [9.17, 15) is 17.6 Å². The van der Waals surface area contributed by atoms with Gasteiger partial charge in [-0.1, -0.05) is 11.3 Å². The van der Waals surface area contributed by atoms with Crippen molar-refractivity contribution in [2.24, 2.45) is 0 Å². The van der Waals surface area contributed by atoms with E-state index in [0.29, 0.717) is 9.83 Å². The number of rotatable bonds is 1. The van der Waals surface area contributed by atoms with E-state index in [-0.39, 0.29) is 5.52 Å². The van der Waals surface area contributed by atoms with E-state index in [1.54, 1.807) is 0 Å². The van der Waals surface area contributed by atoms with Crippen molar-refractivity contribution >= 4 is 26.7 Å². The van der Waals surface area contributed by atoms with Crippen LogP contribution in [0.4, 0.5) is 22.7 Å². The summed E-state index contributed by atoms with van der Waals surface area (Å²) in [5.74, 6) is -1.28. The van der Waals surface area contributed by atoms with Gasteiger partial charge in [-0.3, -0.25) is 0 Å². The smallest absolute Gasteiger partial charge is 0.346 e. The van der Waals surface area contributed by atoms with Crippen LogP contribution >= 0.6 is 11.3 Å². The summed E-state index contributed by atoms with van der Waals surface area (Å²) >= 11 is 1.16. The zero-order valence-corrected chi connectivity index (χ0v) is 11.1. The highest BCUT2D eigenvalue weighted by molar-refractivity contribution is 7.22. The Balaban J connectivity index is 2.02. The second-order valence-corrected chi connectivity index (χ2v) is 5.54. The Morgan fingerprint density at radius 2 is 1.90 bits per heavy atom. The number of hydrogen-bond acceptors (Lipinski definition) is 4. The van der Waals surface area contributed by atoms with Crippen LogP contribution in [0.3, 0.4) is 0 Å². The summed E-state index contributed by atoms with van der Waals surface area (Å²) in [4.78, 5) is 6.22. The highest BCUT2D eigenvalue weighted by Gasteiger charge is 2.34. The number of hydrogen-bond donors (Lipinski definition) is 1. The molecule has 1 aliphatic heterocycles. The van der Waals surface area contributed by atoms with E-state index < -0.39 is 17.6 Å². The molecule has 0 bridgehead atoms. The Kier molecular flexibility index (Phi) is 3.29. The first-order chi connectivity index (χ1) is 9.45. The van der Waals surface area contributed by atoms with Crippen LogP contribution < -0.4 is 10.2 Å². The minimum Gasteiger partial charge on any atom is -0.346 e. The Morgan fingerprint density at radius 3 is 2.55 bits per heavy atom. The molecule has 1 aromatic carbocycles. The number of alkyl halides is 3. The highest BCUT2D eigenvalue weighted by atomic mass is 32.1. The zero-order chi connectivity index (χ0) is 14.3. The molecule has 8 heteroatoms. The molecule has 1 fully saturated rings. The van der Waals surface area contributed by atoms with E-state index in [1.807, 2.05) is 4.90 Å². The maximum Gasteiger partial charge on any atom is 0.419 e. The summed E-state index contributed by atoms with van der Waals surface area (Å²) in [6, 6.07) is 1.70. The molecule has 3 rings (SSSR count). The lowest BCUT2D eigenvalue weighted by molar-refractivity contribution is -0.139. The van der Waals surface area contributed by atoms with Gasteiger partial charge in [0.15, 0.2) is 5.13 Å². The van der Waals surface area contributed by atoms with Crippen molar-refractivity contribution in [3.63, 3.8) is 0 Å². The summed E-state index contributed by atoms with van der Waals surface area (Å²) in [6.45, 7) is 3.10. The molecular weight excluding hydrogens is 294 g/mol. The second-order valence-electron chi connectivity index (χ2n) is 4.53. The predicted molar refractivity (Wildman–Crippen MR) is 69.7 cm³/mol. The molecule has 20 heavy (non-hydrogen) atoms. The van der Waals surface area contributed by atoms with Crippen molar-refractivity contribution in [3.8, 4) is 0 Å². The van der Waals surface area contributed by atoms with Crippen molar-refractivity contribution in [2.75, 3.05) is 31.1 Å². The molecule has 1 saturated heterocycles. The van der Waals surface area contributed by atoms with Crippen molar-refractivity contribution in [1.82, 2.24) is 10.3 Å². The number of anilines is 1. The molecule has 0 saturated carbocycles. The fourth-order valence-corrected chi connectivity index (χ4v) is 3.18. The molecule has 2 heterocycles. The number of nitrogens with one attached hydrogen (secondary N) is 1.